The summed E-state index contributed by atoms with van der Waals surface area (Å²) in [6.07, 6.45) is 1.30. The van der Waals surface area contributed by atoms with Crippen molar-refractivity contribution >= 4 is 16.5 Å². The van der Waals surface area contributed by atoms with Crippen molar-refractivity contribution in [3.05, 3.63) is 10.6 Å². The SMILES string of the molecule is CCNCc1sc(N2CC(C)OCC2C)nc1CC. The van der Waals surface area contributed by atoms with E-state index in [9.17, 15) is 0 Å². The minimum atomic E-state index is 0.294. The van der Waals surface area contributed by atoms with Crippen LogP contribution in [0, 0.1) is 0 Å². The molecule has 2 unspecified atom stereocenters. The van der Waals surface area contributed by atoms with Gasteiger partial charge in [0.2, 0.25) is 0 Å². The molecule has 2 rings (SSSR count). The molecule has 0 spiro atoms. The zero-order chi connectivity index (χ0) is 13.8. The van der Waals surface area contributed by atoms with Crippen molar-refractivity contribution in [3.8, 4) is 0 Å². The van der Waals surface area contributed by atoms with Gasteiger partial charge < -0.3 is 15.0 Å². The Morgan fingerprint density at radius 2 is 2.21 bits per heavy atom. The number of aromatic nitrogens is 1. The third-order valence-corrected chi connectivity index (χ3v) is 4.63. The Labute approximate surface area is 120 Å². The Morgan fingerprint density at radius 1 is 1.42 bits per heavy atom. The standard InChI is InChI=1S/C14H25N3OS/c1-5-12-13(7-15-6-2)19-14(16-12)17-8-11(4)18-9-10(17)3/h10-11,15H,5-9H2,1-4H3. The van der Waals surface area contributed by atoms with E-state index in [0.717, 1.165) is 37.8 Å². The van der Waals surface area contributed by atoms with Gasteiger partial charge >= 0.3 is 0 Å². The van der Waals surface area contributed by atoms with Crippen LogP contribution in [0.2, 0.25) is 0 Å². The van der Waals surface area contributed by atoms with Crippen LogP contribution >= 0.6 is 11.3 Å². The lowest BCUT2D eigenvalue weighted by atomic mass is 10.2. The van der Waals surface area contributed by atoms with Gasteiger partial charge in [0, 0.05) is 18.0 Å². The Bertz CT molecular complexity index is 407. The predicted octanol–water partition coefficient (Wildman–Crippen LogP) is 2.43. The van der Waals surface area contributed by atoms with Crippen LogP contribution in [0.5, 0.6) is 0 Å². The highest BCUT2D eigenvalue weighted by atomic mass is 32.1. The highest BCUT2D eigenvalue weighted by molar-refractivity contribution is 7.15. The van der Waals surface area contributed by atoms with Crippen molar-refractivity contribution in [2.75, 3.05) is 24.6 Å². The van der Waals surface area contributed by atoms with Gasteiger partial charge in [0.15, 0.2) is 5.13 Å². The fourth-order valence-corrected chi connectivity index (χ4v) is 3.55. The van der Waals surface area contributed by atoms with Crippen LogP contribution in [0.1, 0.15) is 38.3 Å². The van der Waals surface area contributed by atoms with E-state index >= 15 is 0 Å². The lowest BCUT2D eigenvalue weighted by molar-refractivity contribution is 0.0343. The molecule has 4 nitrogen and oxygen atoms in total. The van der Waals surface area contributed by atoms with Crippen molar-refractivity contribution < 1.29 is 4.74 Å². The van der Waals surface area contributed by atoms with Crippen molar-refractivity contribution in [2.24, 2.45) is 0 Å². The highest BCUT2D eigenvalue weighted by Crippen LogP contribution is 2.30. The lowest BCUT2D eigenvalue weighted by Crippen LogP contribution is -2.47. The van der Waals surface area contributed by atoms with Gasteiger partial charge in [-0.3, -0.25) is 0 Å². The molecule has 19 heavy (non-hydrogen) atoms. The molecule has 2 atom stereocenters. The normalized spacial score (nSPS) is 23.9. The molecule has 1 fully saturated rings. The molecule has 0 aliphatic carbocycles. The fourth-order valence-electron chi connectivity index (χ4n) is 2.32. The van der Waals surface area contributed by atoms with Crippen LogP contribution in [0.25, 0.3) is 0 Å². The summed E-state index contributed by atoms with van der Waals surface area (Å²) < 4.78 is 5.69. The van der Waals surface area contributed by atoms with Crippen LogP contribution in [0.15, 0.2) is 0 Å². The largest absolute Gasteiger partial charge is 0.375 e. The molecule has 5 heteroatoms. The van der Waals surface area contributed by atoms with Crippen molar-refractivity contribution in [2.45, 2.75) is 52.8 Å². The maximum Gasteiger partial charge on any atom is 0.186 e. The average Bonchev–Trinajstić information content (AvgIpc) is 2.82. The van der Waals surface area contributed by atoms with Gasteiger partial charge in [-0.05, 0) is 26.8 Å². The van der Waals surface area contributed by atoms with Crippen LogP contribution in [0.3, 0.4) is 0 Å². The predicted molar refractivity (Wildman–Crippen MR) is 81.1 cm³/mol. The molecule has 1 aliphatic rings. The molecule has 1 aromatic heterocycles. The second kappa shape index (κ2) is 6.68. The second-order valence-electron chi connectivity index (χ2n) is 5.15. The number of hydrogen-bond donors (Lipinski definition) is 1. The smallest absolute Gasteiger partial charge is 0.186 e. The zero-order valence-corrected chi connectivity index (χ0v) is 13.2. The molecule has 1 aromatic rings. The molecule has 0 aromatic carbocycles. The first-order valence-electron chi connectivity index (χ1n) is 7.23. The second-order valence-corrected chi connectivity index (χ2v) is 6.21. The number of nitrogens with zero attached hydrogens (tertiary/aromatic N) is 2. The third-order valence-electron chi connectivity index (χ3n) is 3.49. The average molecular weight is 283 g/mol. The third kappa shape index (κ3) is 3.46. The minimum absolute atomic E-state index is 0.294. The summed E-state index contributed by atoms with van der Waals surface area (Å²) >= 11 is 1.83. The molecule has 0 saturated carbocycles. The van der Waals surface area contributed by atoms with E-state index in [2.05, 4.69) is 37.9 Å². The van der Waals surface area contributed by atoms with E-state index in [-0.39, 0.29) is 0 Å². The number of rotatable bonds is 5. The number of aryl methyl sites for hydroxylation is 1. The number of ether oxygens (including phenoxy) is 1. The summed E-state index contributed by atoms with van der Waals surface area (Å²) in [5.41, 5.74) is 1.24. The van der Waals surface area contributed by atoms with E-state index in [1.165, 1.54) is 10.6 Å². The maximum absolute atomic E-state index is 5.69. The van der Waals surface area contributed by atoms with Gasteiger partial charge in [0.1, 0.15) is 0 Å². The minimum Gasteiger partial charge on any atom is -0.375 e. The summed E-state index contributed by atoms with van der Waals surface area (Å²) in [7, 11) is 0. The van der Waals surface area contributed by atoms with E-state index < -0.39 is 0 Å². The fraction of sp³-hybridized carbons (Fsp3) is 0.786. The van der Waals surface area contributed by atoms with Gasteiger partial charge in [0.25, 0.3) is 0 Å². The summed E-state index contributed by atoms with van der Waals surface area (Å²) in [4.78, 5) is 8.62. The number of hydrogen-bond acceptors (Lipinski definition) is 5. The monoisotopic (exact) mass is 283 g/mol. The van der Waals surface area contributed by atoms with E-state index in [0.29, 0.717) is 12.1 Å². The number of nitrogens with one attached hydrogen (secondary N) is 1. The quantitative estimate of drug-likeness (QED) is 0.900. The molecule has 2 heterocycles. The van der Waals surface area contributed by atoms with Crippen molar-refractivity contribution in [1.29, 1.82) is 0 Å². The molecule has 0 bridgehead atoms. The molecular formula is C14H25N3OS. The van der Waals surface area contributed by atoms with Crippen LogP contribution in [-0.2, 0) is 17.7 Å². The summed E-state index contributed by atoms with van der Waals surface area (Å²) in [5, 5.41) is 4.56. The van der Waals surface area contributed by atoms with Crippen LogP contribution in [-0.4, -0.2) is 36.8 Å². The summed E-state index contributed by atoms with van der Waals surface area (Å²) in [5.74, 6) is 0. The molecule has 0 radical (unpaired) electrons. The summed E-state index contributed by atoms with van der Waals surface area (Å²) in [6, 6.07) is 0.416. The zero-order valence-electron chi connectivity index (χ0n) is 12.4. The molecular weight excluding hydrogens is 258 g/mol. The molecule has 1 N–H and O–H groups in total. The highest BCUT2D eigenvalue weighted by Gasteiger charge is 2.26. The molecule has 108 valence electrons. The summed E-state index contributed by atoms with van der Waals surface area (Å²) in [6.45, 7) is 12.3. The van der Waals surface area contributed by atoms with E-state index in [1.54, 1.807) is 0 Å². The first-order chi connectivity index (χ1) is 9.15. The van der Waals surface area contributed by atoms with Gasteiger partial charge in [-0.25, -0.2) is 4.98 Å². The molecule has 1 saturated heterocycles. The topological polar surface area (TPSA) is 37.4 Å². The Kier molecular flexibility index (Phi) is 5.19. The first kappa shape index (κ1) is 14.8. The molecule has 0 amide bonds. The Morgan fingerprint density at radius 3 is 2.89 bits per heavy atom. The first-order valence-corrected chi connectivity index (χ1v) is 8.04. The van der Waals surface area contributed by atoms with Crippen LogP contribution in [0.4, 0.5) is 5.13 Å². The number of thiazole rings is 1. The number of anilines is 1. The maximum atomic E-state index is 5.69. The molecule has 1 aliphatic heterocycles. The van der Waals surface area contributed by atoms with E-state index in [1.807, 2.05) is 11.3 Å². The van der Waals surface area contributed by atoms with Gasteiger partial charge in [-0.2, -0.15) is 0 Å². The lowest BCUT2D eigenvalue weighted by Gasteiger charge is -2.36. The Hall–Kier alpha value is -0.650. The van der Waals surface area contributed by atoms with Crippen molar-refractivity contribution in [1.82, 2.24) is 10.3 Å². The van der Waals surface area contributed by atoms with E-state index in [4.69, 9.17) is 9.72 Å². The number of morpholine rings is 1. The van der Waals surface area contributed by atoms with Gasteiger partial charge in [-0.15, -0.1) is 11.3 Å². The van der Waals surface area contributed by atoms with Crippen molar-refractivity contribution in [3.63, 3.8) is 0 Å². The Balaban J connectivity index is 2.16. The van der Waals surface area contributed by atoms with Gasteiger partial charge in [0.05, 0.1) is 24.4 Å². The van der Waals surface area contributed by atoms with Crippen LogP contribution < -0.4 is 10.2 Å². The van der Waals surface area contributed by atoms with Gasteiger partial charge in [-0.1, -0.05) is 13.8 Å².